The minimum Gasteiger partial charge on any atom is -0.454 e. The molecule has 0 saturated carbocycles. The van der Waals surface area contributed by atoms with Crippen LogP contribution in [0.3, 0.4) is 0 Å². The molecule has 7 nitrogen and oxygen atoms in total. The summed E-state index contributed by atoms with van der Waals surface area (Å²) in [7, 11) is 0. The summed E-state index contributed by atoms with van der Waals surface area (Å²) in [4.78, 5) is 23.9. The van der Waals surface area contributed by atoms with Gasteiger partial charge in [0.1, 0.15) is 16.5 Å². The molecule has 3 aromatic carbocycles. The number of hydrogen-bond acceptors (Lipinski definition) is 7. The Bertz CT molecular complexity index is 1600. The van der Waals surface area contributed by atoms with Gasteiger partial charge in [-0.2, -0.15) is 13.2 Å². The summed E-state index contributed by atoms with van der Waals surface area (Å²) in [5.74, 6) is 0.996. The van der Waals surface area contributed by atoms with Crippen molar-refractivity contribution in [1.29, 1.82) is 0 Å². The number of alkyl halides is 3. The molecule has 1 amide bonds. The molecule has 3 heterocycles. The first kappa shape index (κ1) is 30.0. The van der Waals surface area contributed by atoms with E-state index in [2.05, 4.69) is 9.88 Å². The number of carbonyl (C=O) groups excluding carboxylic acids is 1. The second-order valence-corrected chi connectivity index (χ2v) is 11.8. The first-order valence-corrected chi connectivity index (χ1v) is 15.0. The quantitative estimate of drug-likeness (QED) is 0.207. The summed E-state index contributed by atoms with van der Waals surface area (Å²) >= 11 is 1.34. The number of amides is 1. The Kier molecular flexibility index (Phi) is 8.83. The first-order valence-electron chi connectivity index (χ1n) is 14.2. The van der Waals surface area contributed by atoms with Gasteiger partial charge in [0.15, 0.2) is 11.5 Å². The van der Waals surface area contributed by atoms with Crippen LogP contribution in [0.5, 0.6) is 11.5 Å². The van der Waals surface area contributed by atoms with Crippen LogP contribution in [0.15, 0.2) is 72.1 Å². The Hall–Kier alpha value is -4.00. The van der Waals surface area contributed by atoms with E-state index in [0.717, 1.165) is 54.4 Å². The highest BCUT2D eigenvalue weighted by Crippen LogP contribution is 2.33. The number of nitrogens with zero attached hydrogens (tertiary/aromatic N) is 4. The predicted octanol–water partition coefficient (Wildman–Crippen LogP) is 6.19. The Morgan fingerprint density at radius 1 is 0.864 bits per heavy atom. The van der Waals surface area contributed by atoms with Crippen LogP contribution in [0.1, 0.15) is 37.7 Å². The number of thiazole rings is 1. The highest BCUT2D eigenvalue weighted by Gasteiger charge is 2.30. The van der Waals surface area contributed by atoms with Gasteiger partial charge in [-0.15, -0.1) is 11.3 Å². The van der Waals surface area contributed by atoms with E-state index in [1.165, 1.54) is 29.5 Å². The zero-order chi connectivity index (χ0) is 30.7. The number of rotatable bonds is 9. The number of benzene rings is 3. The van der Waals surface area contributed by atoms with E-state index in [0.29, 0.717) is 42.4 Å². The van der Waals surface area contributed by atoms with Crippen molar-refractivity contribution in [3.63, 3.8) is 0 Å². The van der Waals surface area contributed by atoms with Crippen molar-refractivity contribution in [3.05, 3.63) is 111 Å². The molecular formula is C32H30F4N4O3S. The zero-order valence-corrected chi connectivity index (χ0v) is 24.5. The minimum atomic E-state index is -4.44. The van der Waals surface area contributed by atoms with Crippen molar-refractivity contribution in [3.8, 4) is 11.5 Å². The molecule has 0 atom stereocenters. The van der Waals surface area contributed by atoms with Crippen molar-refractivity contribution in [1.82, 2.24) is 19.7 Å². The smallest absolute Gasteiger partial charge is 0.416 e. The summed E-state index contributed by atoms with van der Waals surface area (Å²) in [6, 6.07) is 17.2. The first-order chi connectivity index (χ1) is 21.2. The van der Waals surface area contributed by atoms with Crippen LogP contribution in [0.2, 0.25) is 0 Å². The fraction of sp³-hybridized carbons (Fsp3) is 0.312. The van der Waals surface area contributed by atoms with Crippen molar-refractivity contribution in [2.24, 2.45) is 0 Å². The molecule has 0 N–H and O–H groups in total. The van der Waals surface area contributed by atoms with E-state index < -0.39 is 11.7 Å². The molecule has 2 aliphatic rings. The highest BCUT2D eigenvalue weighted by atomic mass is 32.1. The molecule has 230 valence electrons. The second-order valence-electron chi connectivity index (χ2n) is 10.9. The SMILES string of the molecule is O=C(c1csc(CN(Cc2ccc(F)cc2)Cc2cccc(C(F)(F)F)c2)n1)N1CCN(Cc2ccc3c(c2)OCO3)CC1. The van der Waals surface area contributed by atoms with Crippen molar-refractivity contribution >= 4 is 17.2 Å². The van der Waals surface area contributed by atoms with Crippen LogP contribution in [0.4, 0.5) is 17.6 Å². The fourth-order valence-electron chi connectivity index (χ4n) is 5.36. The summed E-state index contributed by atoms with van der Waals surface area (Å²) in [6.07, 6.45) is -4.44. The van der Waals surface area contributed by atoms with Crippen LogP contribution in [0, 0.1) is 5.82 Å². The van der Waals surface area contributed by atoms with Crippen molar-refractivity contribution in [2.45, 2.75) is 32.4 Å². The zero-order valence-electron chi connectivity index (χ0n) is 23.7. The number of ether oxygens (including phenoxy) is 2. The van der Waals surface area contributed by atoms with Gasteiger partial charge in [0.2, 0.25) is 6.79 Å². The molecule has 4 aromatic rings. The van der Waals surface area contributed by atoms with Gasteiger partial charge >= 0.3 is 6.18 Å². The lowest BCUT2D eigenvalue weighted by atomic mass is 10.1. The lowest BCUT2D eigenvalue weighted by Gasteiger charge is -2.34. The van der Waals surface area contributed by atoms with Gasteiger partial charge in [0.25, 0.3) is 5.91 Å². The largest absolute Gasteiger partial charge is 0.454 e. The molecule has 0 aliphatic carbocycles. The Balaban J connectivity index is 1.08. The number of aromatic nitrogens is 1. The maximum Gasteiger partial charge on any atom is 0.416 e. The molecule has 6 rings (SSSR count). The Morgan fingerprint density at radius 2 is 1.59 bits per heavy atom. The molecule has 1 aromatic heterocycles. The Morgan fingerprint density at radius 3 is 2.36 bits per heavy atom. The molecule has 44 heavy (non-hydrogen) atoms. The van der Waals surface area contributed by atoms with E-state index in [4.69, 9.17) is 9.47 Å². The lowest BCUT2D eigenvalue weighted by Crippen LogP contribution is -2.48. The second kappa shape index (κ2) is 12.9. The molecule has 12 heteroatoms. The maximum absolute atomic E-state index is 13.5. The van der Waals surface area contributed by atoms with Gasteiger partial charge in [0.05, 0.1) is 12.1 Å². The summed E-state index contributed by atoms with van der Waals surface area (Å²) in [5, 5.41) is 2.40. The molecule has 0 unspecified atom stereocenters. The average Bonchev–Trinajstić information content (AvgIpc) is 3.68. The monoisotopic (exact) mass is 626 g/mol. The predicted molar refractivity (Wildman–Crippen MR) is 157 cm³/mol. The average molecular weight is 627 g/mol. The third-order valence-electron chi connectivity index (χ3n) is 7.61. The maximum atomic E-state index is 13.5. The highest BCUT2D eigenvalue weighted by molar-refractivity contribution is 7.09. The lowest BCUT2D eigenvalue weighted by molar-refractivity contribution is -0.137. The van der Waals surface area contributed by atoms with Crippen LogP contribution in [-0.2, 0) is 32.4 Å². The van der Waals surface area contributed by atoms with E-state index in [1.54, 1.807) is 28.5 Å². The molecule has 1 fully saturated rings. The molecule has 0 radical (unpaired) electrons. The molecular weight excluding hydrogens is 596 g/mol. The van der Waals surface area contributed by atoms with Gasteiger partial charge in [-0.05, 0) is 47.0 Å². The number of hydrogen-bond donors (Lipinski definition) is 0. The number of carbonyl (C=O) groups is 1. The van der Waals surface area contributed by atoms with Gasteiger partial charge in [-0.1, -0.05) is 36.4 Å². The fourth-order valence-corrected chi connectivity index (χ4v) is 6.17. The van der Waals surface area contributed by atoms with Crippen molar-refractivity contribution < 1.29 is 31.8 Å². The third-order valence-corrected chi connectivity index (χ3v) is 8.45. The van der Waals surface area contributed by atoms with E-state index in [1.807, 2.05) is 23.1 Å². The molecule has 1 saturated heterocycles. The molecule has 2 aliphatic heterocycles. The normalized spacial score (nSPS) is 15.2. The van der Waals surface area contributed by atoms with E-state index >= 15 is 0 Å². The number of piperazine rings is 1. The van der Waals surface area contributed by atoms with E-state index in [9.17, 15) is 22.4 Å². The summed E-state index contributed by atoms with van der Waals surface area (Å²) in [6.45, 7) is 4.47. The number of halogens is 4. The van der Waals surface area contributed by atoms with Crippen LogP contribution < -0.4 is 9.47 Å². The van der Waals surface area contributed by atoms with Gasteiger partial charge in [-0.25, -0.2) is 9.37 Å². The summed E-state index contributed by atoms with van der Waals surface area (Å²) < 4.78 is 64.3. The van der Waals surface area contributed by atoms with Crippen LogP contribution in [0.25, 0.3) is 0 Å². The Labute approximate surface area is 256 Å². The molecule has 0 spiro atoms. The van der Waals surface area contributed by atoms with Crippen LogP contribution in [-0.4, -0.2) is 58.6 Å². The van der Waals surface area contributed by atoms with Gasteiger partial charge in [-0.3, -0.25) is 14.6 Å². The van der Waals surface area contributed by atoms with Gasteiger partial charge < -0.3 is 14.4 Å². The van der Waals surface area contributed by atoms with Crippen molar-refractivity contribution in [2.75, 3.05) is 33.0 Å². The van der Waals surface area contributed by atoms with Crippen LogP contribution >= 0.6 is 11.3 Å². The topological polar surface area (TPSA) is 58.1 Å². The molecule has 0 bridgehead atoms. The number of fused-ring (bicyclic) bond motifs is 1. The standard InChI is InChI=1S/C32H30F4N4O3S/c33-26-7-4-22(5-8-26)16-39(18-23-2-1-3-25(14-23)32(34,35)36)19-30-37-27(20-44-30)31(41)40-12-10-38(11-13-40)17-24-6-9-28-29(15-24)43-21-42-28/h1-9,14-15,20H,10-13,16-19,21H2. The van der Waals surface area contributed by atoms with Gasteiger partial charge in [0, 0.05) is 51.2 Å². The van der Waals surface area contributed by atoms with E-state index in [-0.39, 0.29) is 25.1 Å². The third kappa shape index (κ3) is 7.37. The minimum absolute atomic E-state index is 0.141. The summed E-state index contributed by atoms with van der Waals surface area (Å²) in [5.41, 5.74) is 2.07.